The summed E-state index contributed by atoms with van der Waals surface area (Å²) in [6.45, 7) is 4.70. The second-order valence-corrected chi connectivity index (χ2v) is 9.12. The van der Waals surface area contributed by atoms with E-state index in [-0.39, 0.29) is 5.41 Å². The second-order valence-electron chi connectivity index (χ2n) is 9.12. The minimum absolute atomic E-state index is 0.0987. The van der Waals surface area contributed by atoms with E-state index in [1.807, 2.05) is 18.5 Å². The van der Waals surface area contributed by atoms with Crippen molar-refractivity contribution in [2.75, 3.05) is 0 Å². The van der Waals surface area contributed by atoms with Crippen molar-refractivity contribution in [3.8, 4) is 17.1 Å². The van der Waals surface area contributed by atoms with E-state index in [0.717, 1.165) is 5.52 Å². The van der Waals surface area contributed by atoms with Gasteiger partial charge in [-0.15, -0.1) is 0 Å². The molecule has 7 rings (SSSR count). The van der Waals surface area contributed by atoms with Crippen molar-refractivity contribution in [2.45, 2.75) is 19.3 Å². The maximum Gasteiger partial charge on any atom is 0.234 e. The summed E-state index contributed by atoms with van der Waals surface area (Å²) in [6.07, 6.45) is 3.64. The highest BCUT2D eigenvalue weighted by Crippen LogP contribution is 2.53. The molecule has 0 unspecified atom stereocenters. The number of hydrogen-bond donors (Lipinski definition) is 0. The zero-order valence-corrected chi connectivity index (χ0v) is 18.0. The third kappa shape index (κ3) is 2.10. The molecule has 0 saturated carbocycles. The summed E-state index contributed by atoms with van der Waals surface area (Å²) in [6, 6.07) is 28.3. The van der Waals surface area contributed by atoms with Crippen LogP contribution in [0.1, 0.15) is 25.0 Å². The molecule has 152 valence electrons. The van der Waals surface area contributed by atoms with Crippen LogP contribution < -0.4 is 0 Å². The molecular weight excluding hydrogens is 390 g/mol. The van der Waals surface area contributed by atoms with Crippen LogP contribution in [-0.2, 0) is 5.41 Å². The van der Waals surface area contributed by atoms with E-state index in [9.17, 15) is 0 Å². The SMILES string of the molecule is CC1(C)c2ccccc2-c2ccc3ccc4c5ccccc5n(-c5ncccn5)c4c3c21. The Hall–Kier alpha value is -3.98. The fourth-order valence-corrected chi connectivity index (χ4v) is 5.75. The van der Waals surface area contributed by atoms with Gasteiger partial charge >= 0.3 is 0 Å². The highest BCUT2D eigenvalue weighted by Gasteiger charge is 2.37. The molecule has 0 bridgehead atoms. The van der Waals surface area contributed by atoms with Gasteiger partial charge in [-0.3, -0.25) is 4.57 Å². The number of hydrogen-bond acceptors (Lipinski definition) is 2. The van der Waals surface area contributed by atoms with Crippen LogP contribution in [0.25, 0.3) is 49.7 Å². The monoisotopic (exact) mass is 411 g/mol. The fraction of sp³-hybridized carbons (Fsp3) is 0.103. The van der Waals surface area contributed by atoms with E-state index in [1.165, 1.54) is 49.3 Å². The van der Waals surface area contributed by atoms with Gasteiger partial charge in [0, 0.05) is 34.0 Å². The van der Waals surface area contributed by atoms with Crippen molar-refractivity contribution in [3.05, 3.63) is 102 Å². The lowest BCUT2D eigenvalue weighted by atomic mass is 9.80. The maximum absolute atomic E-state index is 4.65. The molecule has 2 aromatic heterocycles. The standard InChI is InChI=1S/C29H21N3/c1-29(2)23-10-5-3-8-19(23)21-14-12-18-13-15-22-20-9-4-6-11-24(20)32(27(22)25(18)26(21)29)28-30-16-7-17-31-28/h3-17H,1-2H3. The molecule has 0 atom stereocenters. The zero-order valence-electron chi connectivity index (χ0n) is 18.0. The third-order valence-electron chi connectivity index (χ3n) is 7.09. The Balaban J connectivity index is 1.76. The minimum Gasteiger partial charge on any atom is -0.277 e. The van der Waals surface area contributed by atoms with E-state index in [2.05, 4.69) is 101 Å². The first-order valence-electron chi connectivity index (χ1n) is 11.0. The van der Waals surface area contributed by atoms with Crippen molar-refractivity contribution >= 4 is 32.6 Å². The highest BCUT2D eigenvalue weighted by molar-refractivity contribution is 6.20. The molecule has 0 aliphatic heterocycles. The lowest BCUT2D eigenvalue weighted by Crippen LogP contribution is -2.16. The van der Waals surface area contributed by atoms with Crippen molar-refractivity contribution in [3.63, 3.8) is 0 Å². The van der Waals surface area contributed by atoms with Crippen LogP contribution in [0.3, 0.4) is 0 Å². The van der Waals surface area contributed by atoms with Gasteiger partial charge in [0.05, 0.1) is 11.0 Å². The van der Waals surface area contributed by atoms with Crippen LogP contribution in [0.2, 0.25) is 0 Å². The molecule has 1 aliphatic carbocycles. The van der Waals surface area contributed by atoms with Gasteiger partial charge in [-0.1, -0.05) is 80.6 Å². The average Bonchev–Trinajstić information content (AvgIpc) is 3.30. The quantitative estimate of drug-likeness (QED) is 0.291. The van der Waals surface area contributed by atoms with Crippen molar-refractivity contribution < 1.29 is 0 Å². The van der Waals surface area contributed by atoms with Gasteiger partial charge in [0.2, 0.25) is 5.95 Å². The normalized spacial score (nSPS) is 14.2. The first-order chi connectivity index (χ1) is 15.7. The first-order valence-corrected chi connectivity index (χ1v) is 11.0. The van der Waals surface area contributed by atoms with Crippen LogP contribution in [-0.4, -0.2) is 14.5 Å². The molecule has 3 heteroatoms. The van der Waals surface area contributed by atoms with E-state index >= 15 is 0 Å². The van der Waals surface area contributed by atoms with Gasteiger partial charge in [-0.25, -0.2) is 9.97 Å². The Morgan fingerprint density at radius 1 is 0.688 bits per heavy atom. The molecule has 0 fully saturated rings. The molecule has 0 N–H and O–H groups in total. The summed E-state index contributed by atoms with van der Waals surface area (Å²) in [5, 5.41) is 5.01. The second kappa shape index (κ2) is 6.04. The molecular formula is C29H21N3. The Morgan fingerprint density at radius 2 is 1.44 bits per heavy atom. The van der Waals surface area contributed by atoms with Crippen LogP contribution in [0, 0.1) is 0 Å². The van der Waals surface area contributed by atoms with E-state index in [0.29, 0.717) is 5.95 Å². The summed E-state index contributed by atoms with van der Waals surface area (Å²) in [5.74, 6) is 0.706. The lowest BCUT2D eigenvalue weighted by molar-refractivity contribution is 0.666. The summed E-state index contributed by atoms with van der Waals surface area (Å²) in [5.41, 5.74) is 7.67. The van der Waals surface area contributed by atoms with Crippen LogP contribution in [0.4, 0.5) is 0 Å². The Labute approximate surface area is 186 Å². The molecule has 2 heterocycles. The topological polar surface area (TPSA) is 30.7 Å². The lowest BCUT2D eigenvalue weighted by Gasteiger charge is -2.24. The summed E-state index contributed by atoms with van der Waals surface area (Å²) < 4.78 is 2.24. The Bertz CT molecular complexity index is 1690. The van der Waals surface area contributed by atoms with Gasteiger partial charge in [-0.05, 0) is 39.8 Å². The average molecular weight is 412 g/mol. The predicted octanol–water partition coefficient (Wildman–Crippen LogP) is 7.03. The number of nitrogens with zero attached hydrogens (tertiary/aromatic N) is 3. The van der Waals surface area contributed by atoms with E-state index in [4.69, 9.17) is 0 Å². The van der Waals surface area contributed by atoms with Crippen molar-refractivity contribution in [1.29, 1.82) is 0 Å². The summed E-state index contributed by atoms with van der Waals surface area (Å²) >= 11 is 0. The fourth-order valence-electron chi connectivity index (χ4n) is 5.75. The molecule has 6 aromatic rings. The van der Waals surface area contributed by atoms with E-state index in [1.54, 1.807) is 0 Å². The molecule has 1 aliphatic rings. The molecule has 32 heavy (non-hydrogen) atoms. The highest BCUT2D eigenvalue weighted by atomic mass is 15.1. The number of para-hydroxylation sites is 1. The molecule has 0 spiro atoms. The molecule has 0 amide bonds. The number of fused-ring (bicyclic) bond motifs is 9. The smallest absolute Gasteiger partial charge is 0.234 e. The van der Waals surface area contributed by atoms with Gasteiger partial charge < -0.3 is 0 Å². The molecule has 4 aromatic carbocycles. The molecule has 3 nitrogen and oxygen atoms in total. The van der Waals surface area contributed by atoms with Crippen LogP contribution in [0.15, 0.2) is 91.3 Å². The van der Waals surface area contributed by atoms with Gasteiger partial charge in [0.15, 0.2) is 0 Å². The molecule has 0 radical (unpaired) electrons. The Kier molecular flexibility index (Phi) is 3.34. The Morgan fingerprint density at radius 3 is 2.31 bits per heavy atom. The van der Waals surface area contributed by atoms with Crippen molar-refractivity contribution in [2.24, 2.45) is 0 Å². The zero-order chi connectivity index (χ0) is 21.4. The number of benzene rings is 4. The van der Waals surface area contributed by atoms with Crippen LogP contribution in [0.5, 0.6) is 0 Å². The van der Waals surface area contributed by atoms with Gasteiger partial charge in [0.25, 0.3) is 0 Å². The van der Waals surface area contributed by atoms with Gasteiger partial charge in [-0.2, -0.15) is 0 Å². The minimum atomic E-state index is -0.0987. The summed E-state index contributed by atoms with van der Waals surface area (Å²) in [4.78, 5) is 9.30. The van der Waals surface area contributed by atoms with Crippen molar-refractivity contribution in [1.82, 2.24) is 14.5 Å². The maximum atomic E-state index is 4.65. The molecule has 0 saturated heterocycles. The number of aromatic nitrogens is 3. The predicted molar refractivity (Wildman–Crippen MR) is 131 cm³/mol. The first kappa shape index (κ1) is 17.7. The largest absolute Gasteiger partial charge is 0.277 e. The van der Waals surface area contributed by atoms with Gasteiger partial charge in [0.1, 0.15) is 0 Å². The third-order valence-corrected chi connectivity index (χ3v) is 7.09. The number of rotatable bonds is 1. The summed E-state index contributed by atoms with van der Waals surface area (Å²) in [7, 11) is 0. The van der Waals surface area contributed by atoms with E-state index < -0.39 is 0 Å². The van der Waals surface area contributed by atoms with Crippen LogP contribution >= 0.6 is 0 Å².